The molecule has 98 valence electrons. The first-order chi connectivity index (χ1) is 8.20. The van der Waals surface area contributed by atoms with Gasteiger partial charge in [-0.1, -0.05) is 25.5 Å². The molecule has 0 spiro atoms. The third-order valence-corrected chi connectivity index (χ3v) is 5.09. The predicted molar refractivity (Wildman–Crippen MR) is 74.7 cm³/mol. The van der Waals surface area contributed by atoms with Gasteiger partial charge in [-0.15, -0.1) is 0 Å². The summed E-state index contributed by atoms with van der Waals surface area (Å²) < 4.78 is 0. The Labute approximate surface area is 107 Å². The summed E-state index contributed by atoms with van der Waals surface area (Å²) in [5, 5.41) is 0. The lowest BCUT2D eigenvalue weighted by atomic mass is 9.79. The van der Waals surface area contributed by atoms with Gasteiger partial charge in [0.1, 0.15) is 0 Å². The van der Waals surface area contributed by atoms with Crippen LogP contribution < -0.4 is 5.73 Å². The van der Waals surface area contributed by atoms with E-state index in [0.717, 1.165) is 23.7 Å². The van der Waals surface area contributed by atoms with Gasteiger partial charge in [-0.2, -0.15) is 0 Å². The van der Waals surface area contributed by atoms with Crippen molar-refractivity contribution in [2.75, 3.05) is 0 Å². The summed E-state index contributed by atoms with van der Waals surface area (Å²) in [7, 11) is 0. The lowest BCUT2D eigenvalue weighted by molar-refractivity contribution is 0.238. The largest absolute Gasteiger partial charge is 0.328 e. The minimum Gasteiger partial charge on any atom is -0.328 e. The monoisotopic (exact) mass is 235 g/mol. The van der Waals surface area contributed by atoms with E-state index >= 15 is 0 Å². The van der Waals surface area contributed by atoms with Crippen LogP contribution >= 0.6 is 0 Å². The molecule has 0 heterocycles. The second kappa shape index (κ2) is 6.04. The highest BCUT2D eigenvalue weighted by Gasteiger charge is 2.33. The van der Waals surface area contributed by atoms with E-state index in [4.69, 9.17) is 5.73 Å². The summed E-state index contributed by atoms with van der Waals surface area (Å²) >= 11 is 0. The number of hydrogen-bond donors (Lipinski definition) is 1. The van der Waals surface area contributed by atoms with Crippen molar-refractivity contribution in [1.82, 2.24) is 0 Å². The fourth-order valence-electron chi connectivity index (χ4n) is 4.12. The molecule has 1 heteroatoms. The van der Waals surface area contributed by atoms with Crippen molar-refractivity contribution in [3.8, 4) is 0 Å². The van der Waals surface area contributed by atoms with Crippen LogP contribution in [0.15, 0.2) is 12.2 Å². The molecule has 17 heavy (non-hydrogen) atoms. The van der Waals surface area contributed by atoms with E-state index in [2.05, 4.69) is 26.0 Å². The SMILES string of the molecule is CCC1CC2CC/C=C/CC(C2)C[C@@H]1C(C)N. The van der Waals surface area contributed by atoms with Gasteiger partial charge in [0, 0.05) is 6.04 Å². The molecule has 2 rings (SSSR count). The second-order valence-electron chi connectivity index (χ2n) is 6.41. The second-order valence-corrected chi connectivity index (χ2v) is 6.41. The van der Waals surface area contributed by atoms with Crippen molar-refractivity contribution in [2.24, 2.45) is 29.4 Å². The van der Waals surface area contributed by atoms with Gasteiger partial charge in [0.2, 0.25) is 0 Å². The molecule has 0 aromatic carbocycles. The van der Waals surface area contributed by atoms with Gasteiger partial charge in [-0.05, 0) is 69.1 Å². The predicted octanol–water partition coefficient (Wildman–Crippen LogP) is 4.13. The summed E-state index contributed by atoms with van der Waals surface area (Å²) in [6.07, 6.45) is 14.4. The van der Waals surface area contributed by atoms with Crippen LogP contribution in [0.2, 0.25) is 0 Å². The minimum atomic E-state index is 0.380. The zero-order valence-corrected chi connectivity index (χ0v) is 11.6. The van der Waals surface area contributed by atoms with Crippen LogP contribution in [0.25, 0.3) is 0 Å². The van der Waals surface area contributed by atoms with Gasteiger partial charge in [0.05, 0.1) is 0 Å². The van der Waals surface area contributed by atoms with Crippen LogP contribution in [-0.4, -0.2) is 6.04 Å². The Hall–Kier alpha value is -0.300. The average Bonchev–Trinajstić information content (AvgIpc) is 2.46. The fourth-order valence-corrected chi connectivity index (χ4v) is 4.12. The van der Waals surface area contributed by atoms with E-state index in [1.165, 1.54) is 44.9 Å². The molecule has 1 fully saturated rings. The van der Waals surface area contributed by atoms with Gasteiger partial charge in [0.15, 0.2) is 0 Å². The summed E-state index contributed by atoms with van der Waals surface area (Å²) in [4.78, 5) is 0. The number of allylic oxidation sites excluding steroid dienone is 2. The third-order valence-electron chi connectivity index (χ3n) is 5.09. The third kappa shape index (κ3) is 3.34. The summed E-state index contributed by atoms with van der Waals surface area (Å²) in [6.45, 7) is 4.58. The van der Waals surface area contributed by atoms with E-state index < -0.39 is 0 Å². The maximum atomic E-state index is 6.25. The number of hydrogen-bond acceptors (Lipinski definition) is 1. The number of nitrogens with two attached hydrogens (primary N) is 1. The zero-order chi connectivity index (χ0) is 12.3. The topological polar surface area (TPSA) is 26.0 Å². The van der Waals surface area contributed by atoms with Crippen LogP contribution in [0.4, 0.5) is 0 Å². The average molecular weight is 235 g/mol. The molecule has 2 N–H and O–H groups in total. The number of fused-ring (bicyclic) bond motifs is 2. The fraction of sp³-hybridized carbons (Fsp3) is 0.875. The van der Waals surface area contributed by atoms with E-state index in [-0.39, 0.29) is 0 Å². The standard InChI is InChI=1S/C16H29N/c1-3-15-10-13-7-5-4-6-8-14(9-13)11-16(15)12(2)17/h4,6,12-16H,3,5,7-11,17H2,1-2H3/b6-4+/t12?,13?,14?,15?,16-/m1/s1. The van der Waals surface area contributed by atoms with Crippen molar-refractivity contribution >= 4 is 0 Å². The molecular formula is C16H29N. The van der Waals surface area contributed by atoms with Crippen molar-refractivity contribution < 1.29 is 0 Å². The van der Waals surface area contributed by atoms with Crippen LogP contribution in [0.1, 0.15) is 58.8 Å². The molecule has 0 amide bonds. The normalized spacial score (nSPS) is 42.1. The van der Waals surface area contributed by atoms with Crippen LogP contribution in [-0.2, 0) is 0 Å². The Balaban J connectivity index is 2.12. The molecule has 1 nitrogen and oxygen atoms in total. The Morgan fingerprint density at radius 3 is 2.71 bits per heavy atom. The summed E-state index contributed by atoms with van der Waals surface area (Å²) in [5.41, 5.74) is 6.25. The zero-order valence-electron chi connectivity index (χ0n) is 11.6. The highest BCUT2D eigenvalue weighted by atomic mass is 14.6. The molecule has 0 saturated heterocycles. The van der Waals surface area contributed by atoms with Gasteiger partial charge in [-0.3, -0.25) is 0 Å². The molecule has 0 aromatic rings. The Bertz CT molecular complexity index is 256. The maximum absolute atomic E-state index is 6.25. The van der Waals surface area contributed by atoms with Crippen molar-refractivity contribution in [3.05, 3.63) is 12.2 Å². The molecule has 0 aliphatic heterocycles. The van der Waals surface area contributed by atoms with Gasteiger partial charge < -0.3 is 5.73 Å². The van der Waals surface area contributed by atoms with E-state index in [9.17, 15) is 0 Å². The first kappa shape index (κ1) is 13.1. The van der Waals surface area contributed by atoms with Crippen molar-refractivity contribution in [3.63, 3.8) is 0 Å². The lowest BCUT2D eigenvalue weighted by Gasteiger charge is -2.29. The molecule has 4 unspecified atom stereocenters. The molecule has 5 atom stereocenters. The Morgan fingerprint density at radius 2 is 2.00 bits per heavy atom. The highest BCUT2D eigenvalue weighted by Crippen LogP contribution is 2.41. The Morgan fingerprint density at radius 1 is 1.18 bits per heavy atom. The van der Waals surface area contributed by atoms with E-state index in [0.29, 0.717) is 6.04 Å². The van der Waals surface area contributed by atoms with Crippen LogP contribution in [0, 0.1) is 23.7 Å². The quantitative estimate of drug-likeness (QED) is 0.715. The maximum Gasteiger partial charge on any atom is 0.00415 e. The molecule has 2 bridgehead atoms. The van der Waals surface area contributed by atoms with E-state index in [1.807, 2.05) is 0 Å². The van der Waals surface area contributed by atoms with Crippen LogP contribution in [0.5, 0.6) is 0 Å². The summed E-state index contributed by atoms with van der Waals surface area (Å²) in [6, 6.07) is 0.380. The summed E-state index contributed by atoms with van der Waals surface area (Å²) in [5.74, 6) is 3.52. The molecule has 0 aromatic heterocycles. The molecule has 1 saturated carbocycles. The molecule has 2 aliphatic carbocycles. The van der Waals surface area contributed by atoms with Gasteiger partial charge in [-0.25, -0.2) is 0 Å². The number of rotatable bonds is 2. The lowest BCUT2D eigenvalue weighted by Crippen LogP contribution is -2.33. The van der Waals surface area contributed by atoms with Crippen LogP contribution in [0.3, 0.4) is 0 Å². The molecule has 2 aliphatic rings. The van der Waals surface area contributed by atoms with Gasteiger partial charge >= 0.3 is 0 Å². The first-order valence-electron chi connectivity index (χ1n) is 7.61. The van der Waals surface area contributed by atoms with Crippen molar-refractivity contribution in [1.29, 1.82) is 0 Å². The Kier molecular flexibility index (Phi) is 4.67. The first-order valence-corrected chi connectivity index (χ1v) is 7.61. The molecular weight excluding hydrogens is 206 g/mol. The smallest absolute Gasteiger partial charge is 0.00415 e. The molecule has 0 radical (unpaired) electrons. The van der Waals surface area contributed by atoms with Gasteiger partial charge in [0.25, 0.3) is 0 Å². The highest BCUT2D eigenvalue weighted by molar-refractivity contribution is 4.93. The minimum absolute atomic E-state index is 0.380. The van der Waals surface area contributed by atoms with E-state index in [1.54, 1.807) is 0 Å². The van der Waals surface area contributed by atoms with Crippen molar-refractivity contribution in [2.45, 2.75) is 64.8 Å².